The quantitative estimate of drug-likeness (QED) is 0.625. The predicted molar refractivity (Wildman–Crippen MR) is 57.1 cm³/mol. The molecule has 2 atom stereocenters. The van der Waals surface area contributed by atoms with Gasteiger partial charge in [0.05, 0.1) is 0 Å². The van der Waals surface area contributed by atoms with E-state index in [9.17, 15) is 14.4 Å². The van der Waals surface area contributed by atoms with Crippen molar-refractivity contribution in [2.45, 2.75) is 11.6 Å². The van der Waals surface area contributed by atoms with Gasteiger partial charge in [0.1, 0.15) is 0 Å². The van der Waals surface area contributed by atoms with E-state index >= 15 is 0 Å². The largest absolute Gasteiger partial charge is 0.345 e. The Kier molecular flexibility index (Phi) is 2.49. The monoisotopic (exact) mass is 258 g/mol. The molecule has 18 heavy (non-hydrogen) atoms. The smallest absolute Gasteiger partial charge is 0.330 e. The van der Waals surface area contributed by atoms with Gasteiger partial charge in [0, 0.05) is 28.3 Å². The lowest BCUT2D eigenvalue weighted by Gasteiger charge is -2.50. The van der Waals surface area contributed by atoms with Gasteiger partial charge in [-0.1, -0.05) is 0 Å². The molecule has 5 amide bonds. The molecule has 0 saturated carbocycles. The van der Waals surface area contributed by atoms with Crippen molar-refractivity contribution in [1.29, 1.82) is 0 Å². The topological polar surface area (TPSA) is 100 Å². The molecule has 0 aromatic carbocycles. The van der Waals surface area contributed by atoms with Crippen LogP contribution in [0, 0.1) is 0 Å². The van der Waals surface area contributed by atoms with Crippen molar-refractivity contribution in [3.05, 3.63) is 0 Å². The molecule has 0 aromatic heterocycles. The number of rotatable bonds is 2. The van der Waals surface area contributed by atoms with E-state index in [1.165, 1.54) is 28.3 Å². The summed E-state index contributed by atoms with van der Waals surface area (Å²) >= 11 is 0. The van der Waals surface area contributed by atoms with Gasteiger partial charge in [-0.15, -0.1) is 0 Å². The summed E-state index contributed by atoms with van der Waals surface area (Å²) in [5, 5.41) is 4.76. The van der Waals surface area contributed by atoms with Crippen LogP contribution >= 0.6 is 0 Å². The molecule has 9 nitrogen and oxygen atoms in total. The van der Waals surface area contributed by atoms with Crippen molar-refractivity contribution in [2.24, 2.45) is 0 Å². The zero-order chi connectivity index (χ0) is 13.7. The van der Waals surface area contributed by atoms with Crippen LogP contribution in [0.1, 0.15) is 0 Å². The van der Waals surface area contributed by atoms with Crippen LogP contribution < -0.4 is 10.6 Å². The van der Waals surface area contributed by atoms with E-state index in [1.807, 2.05) is 0 Å². The summed E-state index contributed by atoms with van der Waals surface area (Å²) < 4.78 is 10.4. The summed E-state index contributed by atoms with van der Waals surface area (Å²) in [5.41, 5.74) is -1.81. The number of fused-ring (bicyclic) bond motifs is 1. The van der Waals surface area contributed by atoms with Crippen LogP contribution in [-0.4, -0.2) is 67.7 Å². The third-order valence-corrected chi connectivity index (χ3v) is 3.30. The summed E-state index contributed by atoms with van der Waals surface area (Å²) in [4.78, 5) is 37.7. The van der Waals surface area contributed by atoms with E-state index < -0.39 is 29.5 Å². The Hall–Kier alpha value is -1.87. The van der Waals surface area contributed by atoms with Crippen molar-refractivity contribution in [3.63, 3.8) is 0 Å². The van der Waals surface area contributed by atoms with Crippen molar-refractivity contribution < 1.29 is 23.9 Å². The number of methoxy groups -OCH3 is 2. The number of nitrogens with zero attached hydrogens (tertiary/aromatic N) is 2. The van der Waals surface area contributed by atoms with Gasteiger partial charge in [-0.25, -0.2) is 9.59 Å². The van der Waals surface area contributed by atoms with E-state index in [-0.39, 0.29) is 0 Å². The van der Waals surface area contributed by atoms with E-state index in [2.05, 4.69) is 10.6 Å². The minimum atomic E-state index is -1.81. The molecular formula is C9H14N4O5. The molecular weight excluding hydrogens is 244 g/mol. The summed E-state index contributed by atoms with van der Waals surface area (Å²) in [7, 11) is 5.21. The van der Waals surface area contributed by atoms with Gasteiger partial charge in [0.15, 0.2) is 0 Å². The fourth-order valence-corrected chi connectivity index (χ4v) is 2.33. The molecule has 2 rings (SSSR count). The summed E-state index contributed by atoms with van der Waals surface area (Å²) in [6.07, 6.45) is 0. The molecule has 2 saturated heterocycles. The molecule has 0 spiro atoms. The second-order valence-electron chi connectivity index (χ2n) is 4.02. The van der Waals surface area contributed by atoms with E-state index in [0.29, 0.717) is 0 Å². The zero-order valence-electron chi connectivity index (χ0n) is 10.4. The number of hydrogen-bond donors (Lipinski definition) is 2. The van der Waals surface area contributed by atoms with Gasteiger partial charge >= 0.3 is 12.1 Å². The Morgan fingerprint density at radius 3 is 2.17 bits per heavy atom. The Morgan fingerprint density at radius 2 is 1.67 bits per heavy atom. The first-order valence-electron chi connectivity index (χ1n) is 5.13. The number of carbonyl (C=O) groups is 3. The Bertz CT molecular complexity index is 441. The van der Waals surface area contributed by atoms with Crippen LogP contribution in [-0.2, 0) is 14.3 Å². The zero-order valence-corrected chi connectivity index (χ0v) is 10.4. The second kappa shape index (κ2) is 3.56. The molecule has 2 N–H and O–H groups in total. The highest BCUT2D eigenvalue weighted by Crippen LogP contribution is 2.37. The summed E-state index contributed by atoms with van der Waals surface area (Å²) in [6, 6.07) is -1.28. The number of hydrogen-bond acceptors (Lipinski definition) is 5. The number of imide groups is 1. The molecule has 2 aliphatic heterocycles. The van der Waals surface area contributed by atoms with Gasteiger partial charge in [0.25, 0.3) is 17.5 Å². The average Bonchev–Trinajstić information content (AvgIpc) is 2.68. The minimum Gasteiger partial charge on any atom is -0.345 e. The van der Waals surface area contributed by atoms with Crippen LogP contribution in [0.2, 0.25) is 0 Å². The van der Waals surface area contributed by atoms with Crippen LogP contribution in [0.4, 0.5) is 9.59 Å². The number of carbonyl (C=O) groups excluding carboxylic acids is 3. The maximum atomic E-state index is 12.2. The maximum absolute atomic E-state index is 12.2. The third-order valence-electron chi connectivity index (χ3n) is 3.30. The molecule has 0 bridgehead atoms. The lowest BCUT2D eigenvalue weighted by atomic mass is 10.0. The van der Waals surface area contributed by atoms with E-state index in [1.54, 1.807) is 0 Å². The van der Waals surface area contributed by atoms with E-state index in [4.69, 9.17) is 9.47 Å². The van der Waals surface area contributed by atoms with Gasteiger partial charge < -0.3 is 9.47 Å². The number of amides is 5. The summed E-state index contributed by atoms with van der Waals surface area (Å²) in [5.74, 6) is -2.42. The summed E-state index contributed by atoms with van der Waals surface area (Å²) in [6.45, 7) is 0. The van der Waals surface area contributed by atoms with Crippen molar-refractivity contribution in [2.75, 3.05) is 28.3 Å². The van der Waals surface area contributed by atoms with Gasteiger partial charge in [0.2, 0.25) is 0 Å². The van der Waals surface area contributed by atoms with Gasteiger partial charge in [-0.2, -0.15) is 0 Å². The highest BCUT2D eigenvalue weighted by Gasteiger charge is 2.73. The highest BCUT2D eigenvalue weighted by molar-refractivity contribution is 6.06. The first-order valence-corrected chi connectivity index (χ1v) is 5.13. The fourth-order valence-electron chi connectivity index (χ4n) is 2.33. The molecule has 2 unspecified atom stereocenters. The lowest BCUT2D eigenvalue weighted by Crippen LogP contribution is -2.81. The van der Waals surface area contributed by atoms with Crippen LogP contribution in [0.25, 0.3) is 0 Å². The predicted octanol–water partition coefficient (Wildman–Crippen LogP) is -1.53. The Morgan fingerprint density at radius 1 is 1.06 bits per heavy atom. The Balaban J connectivity index is 2.64. The van der Waals surface area contributed by atoms with Crippen LogP contribution in [0.5, 0.6) is 0 Å². The first kappa shape index (κ1) is 12.6. The normalized spacial score (nSPS) is 35.4. The third kappa shape index (κ3) is 1.10. The van der Waals surface area contributed by atoms with Gasteiger partial charge in [-0.3, -0.25) is 25.2 Å². The molecule has 9 heteroatoms. The minimum absolute atomic E-state index is 0.612. The maximum Gasteiger partial charge on any atom is 0.330 e. The molecule has 100 valence electrons. The van der Waals surface area contributed by atoms with Crippen molar-refractivity contribution in [1.82, 2.24) is 20.4 Å². The number of urea groups is 2. The second-order valence-corrected chi connectivity index (χ2v) is 4.02. The molecule has 0 aromatic rings. The molecule has 2 heterocycles. The molecule has 0 radical (unpaired) electrons. The van der Waals surface area contributed by atoms with Crippen LogP contribution in [0.15, 0.2) is 0 Å². The number of nitrogens with one attached hydrogen (secondary N) is 2. The molecule has 2 fully saturated rings. The lowest BCUT2D eigenvalue weighted by molar-refractivity contribution is -0.250. The van der Waals surface area contributed by atoms with Gasteiger partial charge in [-0.05, 0) is 0 Å². The van der Waals surface area contributed by atoms with Crippen LogP contribution in [0.3, 0.4) is 0 Å². The van der Waals surface area contributed by atoms with Crippen molar-refractivity contribution >= 4 is 18.0 Å². The number of ether oxygens (including phenoxy) is 2. The SMILES string of the molecule is COC12NC(=O)NC1(OC)N(C)C(=O)N(C)C2=O. The highest BCUT2D eigenvalue weighted by atomic mass is 16.6. The van der Waals surface area contributed by atoms with Crippen molar-refractivity contribution in [3.8, 4) is 0 Å². The first-order chi connectivity index (χ1) is 8.36. The average molecular weight is 258 g/mol. The molecule has 2 aliphatic rings. The van der Waals surface area contributed by atoms with E-state index in [0.717, 1.165) is 9.80 Å². The Labute approximate surface area is 103 Å². The fraction of sp³-hybridized carbons (Fsp3) is 0.667. The standard InChI is InChI=1S/C9H14N4O5/c1-12-5(14)8(17-3)9(18-4,11-6(15)10-8)13(2)7(12)16/h1-4H3,(H2,10,11,15). The number of likely N-dealkylation sites (N-methyl/N-ethyl adjacent to an activating group) is 2. The molecule has 0 aliphatic carbocycles.